The van der Waals surface area contributed by atoms with Crippen LogP contribution in [0.15, 0.2) is 41.8 Å². The smallest absolute Gasteiger partial charge is 0.315 e. The molecule has 0 bridgehead atoms. The van der Waals surface area contributed by atoms with E-state index in [0.717, 1.165) is 10.6 Å². The summed E-state index contributed by atoms with van der Waals surface area (Å²) in [6, 6.07) is 11.2. The van der Waals surface area contributed by atoms with E-state index in [1.54, 1.807) is 16.2 Å². The number of carbonyl (C=O) groups is 2. The van der Waals surface area contributed by atoms with E-state index in [-0.39, 0.29) is 18.0 Å². The lowest BCUT2D eigenvalue weighted by molar-refractivity contribution is -0.117. The number of hydrogen-bond acceptors (Lipinski definition) is 3. The van der Waals surface area contributed by atoms with E-state index >= 15 is 0 Å². The van der Waals surface area contributed by atoms with Crippen LogP contribution in [0.1, 0.15) is 16.9 Å². The van der Waals surface area contributed by atoms with Gasteiger partial charge in [-0.3, -0.25) is 4.79 Å². The molecule has 1 aromatic heterocycles. The zero-order valence-electron chi connectivity index (χ0n) is 12.9. The van der Waals surface area contributed by atoms with E-state index in [2.05, 4.69) is 10.6 Å². The van der Waals surface area contributed by atoms with Crippen LogP contribution in [0.25, 0.3) is 0 Å². The molecular formula is C17H19N3O2S. The zero-order valence-corrected chi connectivity index (χ0v) is 13.7. The first-order valence-electron chi connectivity index (χ1n) is 7.56. The standard InChI is InChI=1S/C17H19N3O2S/c1-12-7-8-23-15(12)10-18-17(22)19-13-9-16(21)20(11-13)14-5-3-2-4-6-14/h2-8,13H,9-11H2,1H3,(H2,18,19,22)/t13-/m1/s1. The van der Waals surface area contributed by atoms with E-state index < -0.39 is 0 Å². The molecule has 23 heavy (non-hydrogen) atoms. The Morgan fingerprint density at radius 2 is 2.09 bits per heavy atom. The lowest BCUT2D eigenvalue weighted by atomic mass is 10.2. The minimum Gasteiger partial charge on any atom is -0.333 e. The highest BCUT2D eigenvalue weighted by Gasteiger charge is 2.31. The number of urea groups is 1. The summed E-state index contributed by atoms with van der Waals surface area (Å²) in [5.41, 5.74) is 2.05. The first-order chi connectivity index (χ1) is 11.1. The summed E-state index contributed by atoms with van der Waals surface area (Å²) in [4.78, 5) is 27.0. The van der Waals surface area contributed by atoms with Crippen LogP contribution in [0.4, 0.5) is 10.5 Å². The molecule has 3 amide bonds. The molecule has 0 unspecified atom stereocenters. The van der Waals surface area contributed by atoms with Crippen LogP contribution in [-0.2, 0) is 11.3 Å². The summed E-state index contributed by atoms with van der Waals surface area (Å²) < 4.78 is 0. The lowest BCUT2D eigenvalue weighted by Crippen LogP contribution is -2.43. The van der Waals surface area contributed by atoms with Crippen LogP contribution in [-0.4, -0.2) is 24.5 Å². The van der Waals surface area contributed by atoms with E-state index in [4.69, 9.17) is 0 Å². The van der Waals surface area contributed by atoms with Crippen molar-refractivity contribution < 1.29 is 9.59 Å². The van der Waals surface area contributed by atoms with E-state index in [9.17, 15) is 9.59 Å². The lowest BCUT2D eigenvalue weighted by Gasteiger charge is -2.17. The average Bonchev–Trinajstić information content (AvgIpc) is 3.12. The van der Waals surface area contributed by atoms with Gasteiger partial charge in [0.1, 0.15) is 0 Å². The Hall–Kier alpha value is -2.34. The van der Waals surface area contributed by atoms with Crippen LogP contribution in [0.3, 0.4) is 0 Å². The van der Waals surface area contributed by atoms with Crippen molar-refractivity contribution in [3.63, 3.8) is 0 Å². The molecule has 1 atom stereocenters. The van der Waals surface area contributed by atoms with Crippen molar-refractivity contribution in [2.45, 2.75) is 25.9 Å². The number of amides is 3. The van der Waals surface area contributed by atoms with Gasteiger partial charge in [-0.1, -0.05) is 18.2 Å². The van der Waals surface area contributed by atoms with Gasteiger partial charge in [-0.25, -0.2) is 4.79 Å². The van der Waals surface area contributed by atoms with Crippen LogP contribution >= 0.6 is 11.3 Å². The molecular weight excluding hydrogens is 310 g/mol. The number of nitrogens with one attached hydrogen (secondary N) is 2. The number of para-hydroxylation sites is 1. The van der Waals surface area contributed by atoms with Crippen LogP contribution in [0.5, 0.6) is 0 Å². The fourth-order valence-electron chi connectivity index (χ4n) is 2.64. The molecule has 0 spiro atoms. The number of anilines is 1. The third-order valence-corrected chi connectivity index (χ3v) is 4.93. The molecule has 6 heteroatoms. The Balaban J connectivity index is 1.52. The van der Waals surface area contributed by atoms with E-state index in [1.807, 2.05) is 48.7 Å². The van der Waals surface area contributed by atoms with Crippen LogP contribution in [0, 0.1) is 6.92 Å². The van der Waals surface area contributed by atoms with Gasteiger partial charge >= 0.3 is 6.03 Å². The minimum absolute atomic E-state index is 0.0376. The molecule has 2 N–H and O–H groups in total. The number of carbonyl (C=O) groups excluding carboxylic acids is 2. The third-order valence-electron chi connectivity index (χ3n) is 3.91. The summed E-state index contributed by atoms with van der Waals surface area (Å²) in [5, 5.41) is 7.75. The fraction of sp³-hybridized carbons (Fsp3) is 0.294. The first-order valence-corrected chi connectivity index (χ1v) is 8.44. The Labute approximate surface area is 139 Å². The van der Waals surface area contributed by atoms with Gasteiger partial charge in [0.15, 0.2) is 0 Å². The summed E-state index contributed by atoms with van der Waals surface area (Å²) in [7, 11) is 0. The molecule has 1 fully saturated rings. The van der Waals surface area contributed by atoms with Crippen LogP contribution < -0.4 is 15.5 Å². The molecule has 2 heterocycles. The maximum Gasteiger partial charge on any atom is 0.315 e. The highest BCUT2D eigenvalue weighted by atomic mass is 32.1. The maximum absolute atomic E-state index is 12.1. The van der Waals surface area contributed by atoms with Crippen molar-refractivity contribution in [2.24, 2.45) is 0 Å². The monoisotopic (exact) mass is 329 g/mol. The predicted molar refractivity (Wildman–Crippen MR) is 91.6 cm³/mol. The third kappa shape index (κ3) is 3.71. The summed E-state index contributed by atoms with van der Waals surface area (Å²) in [5.74, 6) is 0.0376. The van der Waals surface area contributed by atoms with Crippen molar-refractivity contribution in [1.82, 2.24) is 10.6 Å². The highest BCUT2D eigenvalue weighted by molar-refractivity contribution is 7.10. The van der Waals surface area contributed by atoms with Crippen LogP contribution in [0.2, 0.25) is 0 Å². The van der Waals surface area contributed by atoms with Gasteiger partial charge in [-0.15, -0.1) is 11.3 Å². The maximum atomic E-state index is 12.1. The molecule has 1 saturated heterocycles. The minimum atomic E-state index is -0.231. The zero-order chi connectivity index (χ0) is 16.2. The Bertz CT molecular complexity index is 699. The van der Waals surface area contributed by atoms with E-state index in [1.165, 1.54) is 5.56 Å². The van der Waals surface area contributed by atoms with Gasteiger partial charge in [0.05, 0.1) is 12.6 Å². The van der Waals surface area contributed by atoms with Crippen molar-refractivity contribution in [2.75, 3.05) is 11.4 Å². The number of rotatable bonds is 4. The molecule has 0 radical (unpaired) electrons. The van der Waals surface area contributed by atoms with Gasteiger partial charge in [-0.05, 0) is 36.1 Å². The largest absolute Gasteiger partial charge is 0.333 e. The number of benzene rings is 1. The molecule has 2 aromatic rings. The van der Waals surface area contributed by atoms with Crippen molar-refractivity contribution in [3.05, 3.63) is 52.2 Å². The van der Waals surface area contributed by atoms with Gasteiger partial charge in [0.25, 0.3) is 0 Å². The second kappa shape index (κ2) is 6.83. The summed E-state index contributed by atoms with van der Waals surface area (Å²) in [6.45, 7) is 3.05. The Morgan fingerprint density at radius 3 is 2.78 bits per heavy atom. The molecule has 0 aliphatic carbocycles. The molecule has 1 aliphatic heterocycles. The Morgan fingerprint density at radius 1 is 1.30 bits per heavy atom. The Kier molecular flexibility index (Phi) is 4.62. The van der Waals surface area contributed by atoms with Gasteiger partial charge < -0.3 is 15.5 Å². The van der Waals surface area contributed by atoms with Crippen molar-refractivity contribution in [3.8, 4) is 0 Å². The molecule has 1 aliphatic rings. The second-order valence-electron chi connectivity index (χ2n) is 5.59. The van der Waals surface area contributed by atoms with Crippen molar-refractivity contribution >= 4 is 29.0 Å². The van der Waals surface area contributed by atoms with Crippen molar-refractivity contribution in [1.29, 1.82) is 0 Å². The number of thiophene rings is 1. The fourth-order valence-corrected chi connectivity index (χ4v) is 3.49. The number of hydrogen-bond donors (Lipinski definition) is 2. The average molecular weight is 329 g/mol. The summed E-state index contributed by atoms with van der Waals surface area (Å²) in [6.07, 6.45) is 0.334. The highest BCUT2D eigenvalue weighted by Crippen LogP contribution is 2.21. The second-order valence-corrected chi connectivity index (χ2v) is 6.60. The quantitative estimate of drug-likeness (QED) is 0.906. The summed E-state index contributed by atoms with van der Waals surface area (Å²) >= 11 is 1.63. The topological polar surface area (TPSA) is 61.4 Å². The van der Waals surface area contributed by atoms with Gasteiger partial charge in [0, 0.05) is 23.5 Å². The van der Waals surface area contributed by atoms with E-state index in [0.29, 0.717) is 19.5 Å². The van der Waals surface area contributed by atoms with Gasteiger partial charge in [0.2, 0.25) is 5.91 Å². The molecule has 5 nitrogen and oxygen atoms in total. The van der Waals surface area contributed by atoms with Gasteiger partial charge in [-0.2, -0.15) is 0 Å². The normalized spacial score (nSPS) is 17.3. The number of nitrogens with zero attached hydrogens (tertiary/aromatic N) is 1. The SMILES string of the molecule is Cc1ccsc1CNC(=O)N[C@@H]1CC(=O)N(c2ccccc2)C1. The molecule has 3 rings (SSSR count). The molecule has 1 aromatic carbocycles. The number of aryl methyl sites for hydroxylation is 1. The molecule has 0 saturated carbocycles. The molecule has 120 valence electrons. The first kappa shape index (κ1) is 15.6. The predicted octanol–water partition coefficient (Wildman–Crippen LogP) is 2.66.